The highest BCUT2D eigenvalue weighted by molar-refractivity contribution is 7.80. The van der Waals surface area contributed by atoms with Gasteiger partial charge in [0.2, 0.25) is 0 Å². The number of hydrogen-bond acceptors (Lipinski definition) is 3. The van der Waals surface area contributed by atoms with E-state index in [9.17, 15) is 4.39 Å². The van der Waals surface area contributed by atoms with Crippen LogP contribution in [-0.4, -0.2) is 48.0 Å². The minimum Gasteiger partial charge on any atom is -0.392 e. The molecule has 0 spiro atoms. The van der Waals surface area contributed by atoms with Crippen molar-refractivity contribution in [1.29, 1.82) is 0 Å². The second-order valence-corrected chi connectivity index (χ2v) is 5.17. The first-order chi connectivity index (χ1) is 8.58. The molecule has 1 aliphatic rings. The first-order valence-corrected chi connectivity index (χ1v) is 6.46. The predicted molar refractivity (Wildman–Crippen MR) is 75.0 cm³/mol. The van der Waals surface area contributed by atoms with Crippen LogP contribution in [0.4, 0.5) is 4.39 Å². The molecule has 0 bridgehead atoms. The Morgan fingerprint density at radius 3 is 2.56 bits per heavy atom. The number of halogens is 1. The maximum Gasteiger partial charge on any atom is 0.123 e. The lowest BCUT2D eigenvalue weighted by Gasteiger charge is -2.37. The molecule has 1 saturated heterocycles. The van der Waals surface area contributed by atoms with Crippen LogP contribution in [0.3, 0.4) is 0 Å². The van der Waals surface area contributed by atoms with Crippen molar-refractivity contribution in [3.8, 4) is 0 Å². The molecule has 1 aromatic carbocycles. The monoisotopic (exact) mass is 267 g/mol. The number of hydrogen-bond donors (Lipinski definition) is 1. The number of likely N-dealkylation sites (N-methyl/N-ethyl adjacent to an activating group) is 1. The SMILES string of the molecule is CN1CCN(C(C(N)=S)c2cccc(F)c2)CC1. The normalized spacial score (nSPS) is 19.7. The van der Waals surface area contributed by atoms with Gasteiger partial charge in [-0.15, -0.1) is 0 Å². The smallest absolute Gasteiger partial charge is 0.123 e. The Morgan fingerprint density at radius 2 is 2.00 bits per heavy atom. The first-order valence-electron chi connectivity index (χ1n) is 6.05. The standard InChI is InChI=1S/C13H18FN3S/c1-16-5-7-17(8-6-16)12(13(15)18)10-3-2-4-11(14)9-10/h2-4,9,12H,5-8H2,1H3,(H2,15,18). The van der Waals surface area contributed by atoms with E-state index in [1.807, 2.05) is 6.07 Å². The molecule has 1 atom stereocenters. The Labute approximate surface area is 112 Å². The molecular formula is C13H18FN3S. The molecule has 0 amide bonds. The molecule has 0 aliphatic carbocycles. The van der Waals surface area contributed by atoms with Crippen molar-refractivity contribution in [2.75, 3.05) is 33.2 Å². The molecule has 98 valence electrons. The lowest BCUT2D eigenvalue weighted by Crippen LogP contribution is -2.48. The number of nitrogens with two attached hydrogens (primary N) is 1. The van der Waals surface area contributed by atoms with Crippen LogP contribution in [0.5, 0.6) is 0 Å². The minimum absolute atomic E-state index is 0.163. The zero-order valence-corrected chi connectivity index (χ0v) is 11.3. The van der Waals surface area contributed by atoms with Gasteiger partial charge < -0.3 is 10.6 Å². The summed E-state index contributed by atoms with van der Waals surface area (Å²) in [5.74, 6) is -0.247. The Kier molecular flexibility index (Phi) is 4.27. The Hall–Kier alpha value is -1.04. The van der Waals surface area contributed by atoms with Crippen molar-refractivity contribution in [3.63, 3.8) is 0 Å². The Morgan fingerprint density at radius 1 is 1.33 bits per heavy atom. The Bertz CT molecular complexity index is 430. The van der Waals surface area contributed by atoms with Crippen molar-refractivity contribution in [2.24, 2.45) is 5.73 Å². The molecule has 0 radical (unpaired) electrons. The summed E-state index contributed by atoms with van der Waals surface area (Å²) in [6, 6.07) is 6.37. The van der Waals surface area contributed by atoms with E-state index in [2.05, 4.69) is 16.8 Å². The molecule has 1 aromatic rings. The molecule has 1 fully saturated rings. The average molecular weight is 267 g/mol. The second kappa shape index (κ2) is 5.73. The maximum absolute atomic E-state index is 13.3. The number of nitrogens with zero attached hydrogens (tertiary/aromatic N) is 2. The highest BCUT2D eigenvalue weighted by Gasteiger charge is 2.26. The average Bonchev–Trinajstić information content (AvgIpc) is 2.32. The topological polar surface area (TPSA) is 32.5 Å². The van der Waals surface area contributed by atoms with E-state index >= 15 is 0 Å². The van der Waals surface area contributed by atoms with Gasteiger partial charge in [0, 0.05) is 26.2 Å². The van der Waals surface area contributed by atoms with Gasteiger partial charge in [0.25, 0.3) is 0 Å². The molecule has 1 heterocycles. The predicted octanol–water partition coefficient (Wildman–Crippen LogP) is 1.40. The van der Waals surface area contributed by atoms with Crippen LogP contribution in [0.25, 0.3) is 0 Å². The van der Waals surface area contributed by atoms with Crippen LogP contribution < -0.4 is 5.73 Å². The third-order valence-corrected chi connectivity index (χ3v) is 3.56. The first kappa shape index (κ1) is 13.4. The van der Waals surface area contributed by atoms with Crippen LogP contribution in [0, 0.1) is 5.82 Å². The summed E-state index contributed by atoms with van der Waals surface area (Å²) < 4.78 is 13.3. The van der Waals surface area contributed by atoms with E-state index in [-0.39, 0.29) is 11.9 Å². The summed E-state index contributed by atoms with van der Waals surface area (Å²) in [7, 11) is 2.09. The largest absolute Gasteiger partial charge is 0.392 e. The molecule has 1 aliphatic heterocycles. The van der Waals surface area contributed by atoms with Gasteiger partial charge in [0.1, 0.15) is 5.82 Å². The summed E-state index contributed by atoms with van der Waals surface area (Å²) in [6.45, 7) is 3.76. The molecule has 0 saturated carbocycles. The molecule has 0 aromatic heterocycles. The van der Waals surface area contributed by atoms with E-state index in [1.54, 1.807) is 6.07 Å². The van der Waals surface area contributed by atoms with E-state index in [0.29, 0.717) is 4.99 Å². The highest BCUT2D eigenvalue weighted by Crippen LogP contribution is 2.23. The summed E-state index contributed by atoms with van der Waals surface area (Å²) in [6.07, 6.45) is 0. The lowest BCUT2D eigenvalue weighted by atomic mass is 10.0. The van der Waals surface area contributed by atoms with Crippen molar-refractivity contribution in [3.05, 3.63) is 35.6 Å². The van der Waals surface area contributed by atoms with Gasteiger partial charge in [-0.3, -0.25) is 4.90 Å². The van der Waals surface area contributed by atoms with Crippen LogP contribution in [0.2, 0.25) is 0 Å². The molecule has 2 rings (SSSR count). The van der Waals surface area contributed by atoms with Crippen molar-refractivity contribution >= 4 is 17.2 Å². The summed E-state index contributed by atoms with van der Waals surface area (Å²) in [5, 5.41) is 0. The number of benzene rings is 1. The zero-order valence-electron chi connectivity index (χ0n) is 10.5. The number of thiocarbonyl (C=S) groups is 1. The minimum atomic E-state index is -0.247. The number of piperazine rings is 1. The van der Waals surface area contributed by atoms with Gasteiger partial charge in [-0.05, 0) is 24.7 Å². The molecule has 18 heavy (non-hydrogen) atoms. The fraction of sp³-hybridized carbons (Fsp3) is 0.462. The van der Waals surface area contributed by atoms with Gasteiger partial charge in [-0.1, -0.05) is 24.4 Å². The molecule has 2 N–H and O–H groups in total. The van der Waals surface area contributed by atoms with Crippen molar-refractivity contribution in [1.82, 2.24) is 9.80 Å². The quantitative estimate of drug-likeness (QED) is 0.839. The highest BCUT2D eigenvalue weighted by atomic mass is 32.1. The van der Waals surface area contributed by atoms with E-state index in [4.69, 9.17) is 18.0 Å². The maximum atomic E-state index is 13.3. The van der Waals surface area contributed by atoms with Gasteiger partial charge in [-0.2, -0.15) is 0 Å². The van der Waals surface area contributed by atoms with Gasteiger partial charge in [0.05, 0.1) is 11.0 Å². The van der Waals surface area contributed by atoms with E-state index < -0.39 is 0 Å². The summed E-state index contributed by atoms with van der Waals surface area (Å²) in [4.78, 5) is 4.89. The molecule has 5 heteroatoms. The zero-order chi connectivity index (χ0) is 13.1. The fourth-order valence-corrected chi connectivity index (χ4v) is 2.60. The van der Waals surface area contributed by atoms with Gasteiger partial charge >= 0.3 is 0 Å². The third-order valence-electron chi connectivity index (χ3n) is 3.34. The molecule has 1 unspecified atom stereocenters. The van der Waals surface area contributed by atoms with Crippen LogP contribution >= 0.6 is 12.2 Å². The van der Waals surface area contributed by atoms with Crippen LogP contribution in [0.15, 0.2) is 24.3 Å². The lowest BCUT2D eigenvalue weighted by molar-refractivity contribution is 0.137. The van der Waals surface area contributed by atoms with Crippen LogP contribution in [0.1, 0.15) is 11.6 Å². The molecule has 3 nitrogen and oxygen atoms in total. The van der Waals surface area contributed by atoms with Gasteiger partial charge in [0.15, 0.2) is 0 Å². The third kappa shape index (κ3) is 3.04. The van der Waals surface area contributed by atoms with E-state index in [1.165, 1.54) is 12.1 Å². The van der Waals surface area contributed by atoms with Crippen molar-refractivity contribution < 1.29 is 4.39 Å². The fourth-order valence-electron chi connectivity index (χ4n) is 2.31. The van der Waals surface area contributed by atoms with E-state index in [0.717, 1.165) is 31.7 Å². The second-order valence-electron chi connectivity index (χ2n) is 4.70. The summed E-state index contributed by atoms with van der Waals surface area (Å²) in [5.41, 5.74) is 6.68. The number of rotatable bonds is 3. The summed E-state index contributed by atoms with van der Waals surface area (Å²) >= 11 is 5.15. The van der Waals surface area contributed by atoms with Crippen LogP contribution in [-0.2, 0) is 0 Å². The molecular weight excluding hydrogens is 249 g/mol. The van der Waals surface area contributed by atoms with Gasteiger partial charge in [-0.25, -0.2) is 4.39 Å². The van der Waals surface area contributed by atoms with Crippen molar-refractivity contribution in [2.45, 2.75) is 6.04 Å². The Balaban J connectivity index is 2.21.